The zero-order chi connectivity index (χ0) is 21.4. The molecule has 0 spiro atoms. The van der Waals surface area contributed by atoms with E-state index in [1.165, 1.54) is 4.31 Å². The largest absolute Gasteiger partial charge is 0.355 e. The molecule has 0 aliphatic carbocycles. The van der Waals surface area contributed by atoms with E-state index in [1.807, 2.05) is 12.1 Å². The molecule has 0 saturated carbocycles. The quantitative estimate of drug-likeness (QED) is 0.596. The van der Waals surface area contributed by atoms with Gasteiger partial charge in [0.2, 0.25) is 15.9 Å². The summed E-state index contributed by atoms with van der Waals surface area (Å²) in [5, 5.41) is 5.61. The van der Waals surface area contributed by atoms with Crippen molar-refractivity contribution >= 4 is 21.8 Å². The number of sulfonamides is 1. The summed E-state index contributed by atoms with van der Waals surface area (Å²) < 4.78 is 26.9. The Kier molecular flexibility index (Phi) is 7.59. The van der Waals surface area contributed by atoms with Crippen LogP contribution in [-0.4, -0.2) is 50.2 Å². The fourth-order valence-electron chi connectivity index (χ4n) is 3.51. The minimum atomic E-state index is -3.57. The molecular formula is C22H27N3O4S. The van der Waals surface area contributed by atoms with Crippen molar-refractivity contribution in [3.8, 4) is 0 Å². The van der Waals surface area contributed by atoms with Crippen LogP contribution in [0.1, 0.15) is 35.2 Å². The molecule has 8 heteroatoms. The fraction of sp³-hybridized carbons (Fsp3) is 0.364. The molecule has 2 N–H and O–H groups in total. The van der Waals surface area contributed by atoms with Gasteiger partial charge in [0, 0.05) is 25.2 Å². The first kappa shape index (κ1) is 22.0. The van der Waals surface area contributed by atoms with Gasteiger partial charge in [0.05, 0.1) is 5.75 Å². The van der Waals surface area contributed by atoms with Gasteiger partial charge in [-0.3, -0.25) is 9.59 Å². The highest BCUT2D eigenvalue weighted by atomic mass is 32.2. The van der Waals surface area contributed by atoms with E-state index in [4.69, 9.17) is 0 Å². The normalized spacial score (nSPS) is 16.9. The van der Waals surface area contributed by atoms with Gasteiger partial charge >= 0.3 is 0 Å². The first-order valence-corrected chi connectivity index (χ1v) is 11.7. The molecule has 160 valence electrons. The molecule has 1 saturated heterocycles. The van der Waals surface area contributed by atoms with Gasteiger partial charge in [-0.05, 0) is 37.0 Å². The first-order valence-electron chi connectivity index (χ1n) is 10.1. The smallest absolute Gasteiger partial charge is 0.251 e. The van der Waals surface area contributed by atoms with Crippen molar-refractivity contribution < 1.29 is 18.0 Å². The second-order valence-corrected chi connectivity index (χ2v) is 9.20. The fourth-order valence-corrected chi connectivity index (χ4v) is 5.29. The maximum Gasteiger partial charge on any atom is 0.251 e. The van der Waals surface area contributed by atoms with Crippen LogP contribution in [0.4, 0.5) is 0 Å². The average molecular weight is 430 g/mol. The lowest BCUT2D eigenvalue weighted by molar-refractivity contribution is -0.124. The molecule has 0 aromatic heterocycles. The molecule has 0 radical (unpaired) electrons. The molecule has 3 rings (SSSR count). The van der Waals surface area contributed by atoms with E-state index in [-0.39, 0.29) is 17.6 Å². The van der Waals surface area contributed by atoms with E-state index in [0.29, 0.717) is 50.0 Å². The Morgan fingerprint density at radius 3 is 2.27 bits per heavy atom. The zero-order valence-corrected chi connectivity index (χ0v) is 17.6. The Bertz CT molecular complexity index is 949. The van der Waals surface area contributed by atoms with E-state index in [2.05, 4.69) is 10.6 Å². The molecule has 0 bridgehead atoms. The van der Waals surface area contributed by atoms with Crippen LogP contribution in [0.25, 0.3) is 0 Å². The van der Waals surface area contributed by atoms with Crippen molar-refractivity contribution in [2.45, 2.75) is 31.1 Å². The molecule has 30 heavy (non-hydrogen) atoms. The van der Waals surface area contributed by atoms with E-state index >= 15 is 0 Å². The third-order valence-electron chi connectivity index (χ3n) is 5.03. The van der Waals surface area contributed by atoms with Gasteiger partial charge in [0.25, 0.3) is 5.91 Å². The van der Waals surface area contributed by atoms with Gasteiger partial charge in [0.15, 0.2) is 0 Å². The van der Waals surface area contributed by atoms with E-state index in [9.17, 15) is 18.0 Å². The van der Waals surface area contributed by atoms with Gasteiger partial charge < -0.3 is 10.6 Å². The van der Waals surface area contributed by atoms with E-state index < -0.39 is 16.1 Å². The van der Waals surface area contributed by atoms with Crippen LogP contribution in [0.15, 0.2) is 60.7 Å². The molecule has 2 aromatic carbocycles. The van der Waals surface area contributed by atoms with Gasteiger partial charge in [-0.15, -0.1) is 0 Å². The Morgan fingerprint density at radius 2 is 1.57 bits per heavy atom. The monoisotopic (exact) mass is 429 g/mol. The number of hydrogen-bond donors (Lipinski definition) is 2. The average Bonchev–Trinajstić information content (AvgIpc) is 3.25. The number of nitrogens with zero attached hydrogens (tertiary/aromatic N) is 1. The van der Waals surface area contributed by atoms with Gasteiger partial charge in [-0.1, -0.05) is 48.5 Å². The highest BCUT2D eigenvalue weighted by Crippen LogP contribution is 2.23. The predicted molar refractivity (Wildman–Crippen MR) is 115 cm³/mol. The zero-order valence-electron chi connectivity index (χ0n) is 16.8. The number of amides is 2. The van der Waals surface area contributed by atoms with Crippen molar-refractivity contribution in [3.63, 3.8) is 0 Å². The lowest BCUT2D eigenvalue weighted by Crippen LogP contribution is -2.46. The highest BCUT2D eigenvalue weighted by molar-refractivity contribution is 7.88. The number of hydrogen-bond acceptors (Lipinski definition) is 4. The highest BCUT2D eigenvalue weighted by Gasteiger charge is 2.38. The summed E-state index contributed by atoms with van der Waals surface area (Å²) in [4.78, 5) is 24.6. The lowest BCUT2D eigenvalue weighted by Gasteiger charge is -2.23. The van der Waals surface area contributed by atoms with Crippen LogP contribution >= 0.6 is 0 Å². The lowest BCUT2D eigenvalue weighted by atomic mass is 10.2. The molecule has 0 unspecified atom stereocenters. The van der Waals surface area contributed by atoms with Gasteiger partial charge in [0.1, 0.15) is 6.04 Å². The third kappa shape index (κ3) is 5.90. The summed E-state index contributed by atoms with van der Waals surface area (Å²) in [6.45, 7) is 1.16. The van der Waals surface area contributed by atoms with Crippen LogP contribution in [0, 0.1) is 0 Å². The number of carbonyl (C=O) groups is 2. The van der Waals surface area contributed by atoms with Crippen molar-refractivity contribution in [3.05, 3.63) is 71.8 Å². The first-order chi connectivity index (χ1) is 14.5. The maximum atomic E-state index is 12.8. The molecule has 1 atom stereocenters. The molecular weight excluding hydrogens is 402 g/mol. The van der Waals surface area contributed by atoms with Crippen LogP contribution in [-0.2, 0) is 20.6 Å². The molecule has 1 aliphatic rings. The van der Waals surface area contributed by atoms with Gasteiger partial charge in [-0.2, -0.15) is 4.31 Å². The Hall–Kier alpha value is -2.71. The topological polar surface area (TPSA) is 95.6 Å². The summed E-state index contributed by atoms with van der Waals surface area (Å²) >= 11 is 0. The second kappa shape index (κ2) is 10.4. The van der Waals surface area contributed by atoms with Crippen LogP contribution < -0.4 is 10.6 Å². The van der Waals surface area contributed by atoms with Crippen molar-refractivity contribution in [1.29, 1.82) is 0 Å². The number of carbonyl (C=O) groups excluding carboxylic acids is 2. The molecule has 1 fully saturated rings. The molecule has 7 nitrogen and oxygen atoms in total. The Morgan fingerprint density at radius 1 is 0.933 bits per heavy atom. The standard InChI is InChI=1S/C22H27N3O4S/c26-21(19-11-5-2-6-12-19)23-14-8-15-24-22(27)20-13-7-16-25(20)30(28,29)17-18-9-3-1-4-10-18/h1-6,9-12,20H,7-8,13-17H2,(H,23,26)(H,24,27)/t20-/m1/s1. The Labute approximate surface area is 177 Å². The minimum Gasteiger partial charge on any atom is -0.355 e. The van der Waals surface area contributed by atoms with E-state index in [0.717, 1.165) is 0 Å². The maximum absolute atomic E-state index is 12.8. The number of benzene rings is 2. The van der Waals surface area contributed by atoms with Crippen molar-refractivity contribution in [2.75, 3.05) is 19.6 Å². The van der Waals surface area contributed by atoms with E-state index in [1.54, 1.807) is 48.5 Å². The number of rotatable bonds is 9. The predicted octanol–water partition coefficient (Wildman–Crippen LogP) is 1.92. The van der Waals surface area contributed by atoms with Crippen molar-refractivity contribution in [1.82, 2.24) is 14.9 Å². The summed E-state index contributed by atoms with van der Waals surface area (Å²) in [6.07, 6.45) is 1.75. The van der Waals surface area contributed by atoms with Crippen LogP contribution in [0.2, 0.25) is 0 Å². The summed E-state index contributed by atoms with van der Waals surface area (Å²) in [7, 11) is -3.57. The number of nitrogens with one attached hydrogen (secondary N) is 2. The van der Waals surface area contributed by atoms with Gasteiger partial charge in [-0.25, -0.2) is 8.42 Å². The summed E-state index contributed by atoms with van der Waals surface area (Å²) in [6, 6.07) is 17.2. The minimum absolute atomic E-state index is 0.108. The third-order valence-corrected chi connectivity index (χ3v) is 6.88. The van der Waals surface area contributed by atoms with Crippen molar-refractivity contribution in [2.24, 2.45) is 0 Å². The van der Waals surface area contributed by atoms with Crippen LogP contribution in [0.5, 0.6) is 0 Å². The SMILES string of the molecule is O=C(NCCCNC(=O)[C@H]1CCCN1S(=O)(=O)Cc1ccccc1)c1ccccc1. The molecule has 1 aliphatic heterocycles. The summed E-state index contributed by atoms with van der Waals surface area (Å²) in [5.74, 6) is -0.544. The summed E-state index contributed by atoms with van der Waals surface area (Å²) in [5.41, 5.74) is 1.30. The van der Waals surface area contributed by atoms with Crippen LogP contribution in [0.3, 0.4) is 0 Å². The second-order valence-electron chi connectivity index (χ2n) is 7.28. The molecule has 2 aromatic rings. The Balaban J connectivity index is 1.44. The molecule has 2 amide bonds. The molecule has 1 heterocycles.